The molecule has 0 spiro atoms. The van der Waals surface area contributed by atoms with Gasteiger partial charge in [0.15, 0.2) is 5.11 Å². The van der Waals surface area contributed by atoms with Crippen molar-refractivity contribution in [3.63, 3.8) is 0 Å². The van der Waals surface area contributed by atoms with Crippen LogP contribution in [0.2, 0.25) is 0 Å². The molecule has 27 heavy (non-hydrogen) atoms. The lowest BCUT2D eigenvalue weighted by Crippen LogP contribution is -2.37. The first-order valence-corrected chi connectivity index (χ1v) is 8.62. The van der Waals surface area contributed by atoms with Gasteiger partial charge in [0.1, 0.15) is 0 Å². The molecule has 2 aromatic carbocycles. The number of aromatic nitrogens is 1. The molecule has 0 atom stereocenters. The standard InChI is InChI=1S/C18H20N4S.HNO3/c1-19-18(23)22(2)12-11-20-17-13-7-3-5-9-15(13)21-16-10-6-4-8-14(16)17;2-1(3)4/h3-10H,11-12H2,1-2H3,(H,19,23)(H,20,21);(H,2,3,4). The van der Waals surface area contributed by atoms with Gasteiger partial charge in [-0.15, -0.1) is 10.1 Å². The van der Waals surface area contributed by atoms with Gasteiger partial charge < -0.3 is 20.7 Å². The first kappa shape index (κ1) is 20.1. The number of hydrogen-bond acceptors (Lipinski definition) is 5. The van der Waals surface area contributed by atoms with E-state index in [2.05, 4.69) is 34.9 Å². The SMILES string of the molecule is CNC(=S)N(C)CCNc1c2ccccc2nc2ccccc12.O=[N+]([O-])O. The van der Waals surface area contributed by atoms with Crippen LogP contribution >= 0.6 is 12.2 Å². The summed E-state index contributed by atoms with van der Waals surface area (Å²) in [6.45, 7) is 1.63. The smallest absolute Gasteiger partial charge is 0.291 e. The van der Waals surface area contributed by atoms with Crippen molar-refractivity contribution in [2.45, 2.75) is 0 Å². The summed E-state index contributed by atoms with van der Waals surface area (Å²) in [5.41, 5.74) is 3.15. The highest BCUT2D eigenvalue weighted by atomic mass is 32.1. The average Bonchev–Trinajstić information content (AvgIpc) is 2.66. The predicted octanol–water partition coefficient (Wildman–Crippen LogP) is 2.89. The molecule has 0 aliphatic heterocycles. The molecule has 0 aliphatic carbocycles. The van der Waals surface area contributed by atoms with Crippen LogP contribution in [0.5, 0.6) is 0 Å². The number of nitrogens with zero attached hydrogens (tertiary/aromatic N) is 3. The van der Waals surface area contributed by atoms with Gasteiger partial charge in [0.05, 0.1) is 16.7 Å². The summed E-state index contributed by atoms with van der Waals surface area (Å²) < 4.78 is 0. The maximum Gasteiger partial charge on any atom is 0.291 e. The van der Waals surface area contributed by atoms with E-state index in [4.69, 9.17) is 32.5 Å². The normalized spacial score (nSPS) is 10.0. The number of likely N-dealkylation sites (N-methyl/N-ethyl adjacent to an activating group) is 1. The molecular weight excluding hydrogens is 366 g/mol. The van der Waals surface area contributed by atoms with Crippen LogP contribution in [0.1, 0.15) is 0 Å². The van der Waals surface area contributed by atoms with Crippen LogP contribution in [-0.4, -0.2) is 52.5 Å². The molecule has 0 radical (unpaired) electrons. The molecule has 3 aromatic rings. The second-order valence-electron chi connectivity index (χ2n) is 5.66. The lowest BCUT2D eigenvalue weighted by molar-refractivity contribution is -0.742. The van der Waals surface area contributed by atoms with E-state index >= 15 is 0 Å². The lowest BCUT2D eigenvalue weighted by Gasteiger charge is -2.20. The minimum absolute atomic E-state index is 0.747. The van der Waals surface area contributed by atoms with Gasteiger partial charge in [-0.2, -0.15) is 0 Å². The van der Waals surface area contributed by atoms with Crippen molar-refractivity contribution < 1.29 is 10.3 Å². The zero-order chi connectivity index (χ0) is 19.8. The van der Waals surface area contributed by atoms with Gasteiger partial charge in [-0.1, -0.05) is 36.4 Å². The number of thiocarbonyl (C=S) groups is 1. The molecule has 1 aromatic heterocycles. The fourth-order valence-electron chi connectivity index (χ4n) is 2.67. The minimum Gasteiger partial charge on any atom is -0.382 e. The number of anilines is 1. The van der Waals surface area contributed by atoms with Crippen molar-refractivity contribution in [3.8, 4) is 0 Å². The van der Waals surface area contributed by atoms with E-state index in [1.54, 1.807) is 0 Å². The van der Waals surface area contributed by atoms with Crippen molar-refractivity contribution in [3.05, 3.63) is 58.6 Å². The lowest BCUT2D eigenvalue weighted by atomic mass is 10.1. The molecule has 0 fully saturated rings. The third-order valence-corrected chi connectivity index (χ3v) is 4.41. The summed E-state index contributed by atoms with van der Waals surface area (Å²) in [6, 6.07) is 16.5. The van der Waals surface area contributed by atoms with Gasteiger partial charge in [0.2, 0.25) is 0 Å². The van der Waals surface area contributed by atoms with Crippen molar-refractivity contribution in [2.24, 2.45) is 0 Å². The van der Waals surface area contributed by atoms with Crippen LogP contribution in [0.4, 0.5) is 5.69 Å². The summed E-state index contributed by atoms with van der Waals surface area (Å²) >= 11 is 5.24. The van der Waals surface area contributed by atoms with Gasteiger partial charge in [-0.25, -0.2) is 4.98 Å². The summed E-state index contributed by atoms with van der Waals surface area (Å²) in [5.74, 6) is 0. The Labute approximate surface area is 161 Å². The molecule has 0 saturated heterocycles. The molecule has 0 aliphatic rings. The number of benzene rings is 2. The Morgan fingerprint density at radius 3 is 2.15 bits per heavy atom. The summed E-state index contributed by atoms with van der Waals surface area (Å²) in [6.07, 6.45) is 0. The van der Waals surface area contributed by atoms with Crippen LogP contribution < -0.4 is 10.6 Å². The monoisotopic (exact) mass is 387 g/mol. The second kappa shape index (κ2) is 9.48. The third kappa shape index (κ3) is 5.38. The second-order valence-corrected chi connectivity index (χ2v) is 6.05. The summed E-state index contributed by atoms with van der Waals surface area (Å²) in [4.78, 5) is 15.1. The van der Waals surface area contributed by atoms with Crippen LogP contribution in [0.15, 0.2) is 48.5 Å². The molecule has 0 saturated carbocycles. The average molecular weight is 387 g/mol. The van der Waals surface area contributed by atoms with E-state index in [0.717, 1.165) is 45.7 Å². The Morgan fingerprint density at radius 2 is 1.67 bits per heavy atom. The quantitative estimate of drug-likeness (QED) is 0.272. The highest BCUT2D eigenvalue weighted by Crippen LogP contribution is 2.30. The van der Waals surface area contributed by atoms with Crippen molar-refractivity contribution >= 4 is 44.8 Å². The Balaban J connectivity index is 0.000000596. The first-order chi connectivity index (χ1) is 12.9. The molecule has 142 valence electrons. The molecule has 9 heteroatoms. The van der Waals surface area contributed by atoms with E-state index in [-0.39, 0.29) is 0 Å². The van der Waals surface area contributed by atoms with E-state index in [9.17, 15) is 0 Å². The third-order valence-electron chi connectivity index (χ3n) is 3.90. The van der Waals surface area contributed by atoms with E-state index in [1.165, 1.54) is 0 Å². The van der Waals surface area contributed by atoms with Gasteiger partial charge in [-0.3, -0.25) is 0 Å². The minimum atomic E-state index is -1.50. The van der Waals surface area contributed by atoms with Crippen LogP contribution in [0.3, 0.4) is 0 Å². The Kier molecular flexibility index (Phi) is 7.07. The van der Waals surface area contributed by atoms with Crippen LogP contribution in [0, 0.1) is 10.1 Å². The maximum absolute atomic E-state index is 8.36. The molecule has 0 amide bonds. The molecule has 8 nitrogen and oxygen atoms in total. The predicted molar refractivity (Wildman–Crippen MR) is 111 cm³/mol. The van der Waals surface area contributed by atoms with Gasteiger partial charge in [-0.05, 0) is 24.4 Å². The highest BCUT2D eigenvalue weighted by molar-refractivity contribution is 7.80. The van der Waals surface area contributed by atoms with Crippen molar-refractivity contribution in [2.75, 3.05) is 32.5 Å². The van der Waals surface area contributed by atoms with Gasteiger partial charge >= 0.3 is 0 Å². The number of rotatable bonds is 4. The van der Waals surface area contributed by atoms with Gasteiger partial charge in [0.25, 0.3) is 5.09 Å². The maximum atomic E-state index is 8.36. The summed E-state index contributed by atoms with van der Waals surface area (Å²) in [7, 11) is 3.83. The van der Waals surface area contributed by atoms with E-state index in [0.29, 0.717) is 0 Å². The zero-order valence-corrected chi connectivity index (χ0v) is 15.9. The fraction of sp³-hybridized carbons (Fsp3) is 0.222. The molecule has 3 rings (SSSR count). The van der Waals surface area contributed by atoms with Gasteiger partial charge in [0, 0.05) is 38.0 Å². The zero-order valence-electron chi connectivity index (χ0n) is 15.0. The number of para-hydroxylation sites is 2. The largest absolute Gasteiger partial charge is 0.382 e. The Morgan fingerprint density at radius 1 is 1.19 bits per heavy atom. The number of nitrogens with one attached hydrogen (secondary N) is 2. The van der Waals surface area contributed by atoms with Crippen molar-refractivity contribution in [1.82, 2.24) is 15.2 Å². The molecule has 3 N–H and O–H groups in total. The molecule has 1 heterocycles. The van der Waals surface area contributed by atoms with E-state index in [1.807, 2.05) is 43.3 Å². The van der Waals surface area contributed by atoms with Crippen LogP contribution in [-0.2, 0) is 0 Å². The first-order valence-electron chi connectivity index (χ1n) is 8.21. The molecular formula is C18H21N5O3S. The molecule has 0 unspecified atom stereocenters. The van der Waals surface area contributed by atoms with E-state index < -0.39 is 5.09 Å². The summed E-state index contributed by atoms with van der Waals surface area (Å²) in [5, 5.41) is 23.2. The van der Waals surface area contributed by atoms with Crippen LogP contribution in [0.25, 0.3) is 21.8 Å². The number of pyridine rings is 1. The highest BCUT2D eigenvalue weighted by Gasteiger charge is 2.08. The number of fused-ring (bicyclic) bond motifs is 2. The topological polar surface area (TPSA) is 104 Å². The van der Waals surface area contributed by atoms with Crippen molar-refractivity contribution in [1.29, 1.82) is 0 Å². The fourth-order valence-corrected chi connectivity index (χ4v) is 2.76. The Hall–Kier alpha value is -3.20. The molecule has 0 bridgehead atoms. The number of hydrogen-bond donors (Lipinski definition) is 3. The Bertz CT molecular complexity index is 893.